The summed E-state index contributed by atoms with van der Waals surface area (Å²) in [4.78, 5) is 24.0. The van der Waals surface area contributed by atoms with E-state index in [9.17, 15) is 35.6 Å². The second-order valence-corrected chi connectivity index (χ2v) is 9.11. The van der Waals surface area contributed by atoms with Crippen molar-refractivity contribution in [1.82, 2.24) is 19.8 Å². The number of nitrogens with one attached hydrogen (secondary N) is 1. The van der Waals surface area contributed by atoms with Crippen LogP contribution in [0, 0.1) is 0 Å². The summed E-state index contributed by atoms with van der Waals surface area (Å²) in [5, 5.41) is 8.77. The Hall–Kier alpha value is -3.03. The van der Waals surface area contributed by atoms with E-state index in [-0.39, 0.29) is 29.9 Å². The van der Waals surface area contributed by atoms with Crippen LogP contribution in [0.1, 0.15) is 48.4 Å². The molecule has 2 aliphatic rings. The van der Waals surface area contributed by atoms with Crippen molar-refractivity contribution in [2.45, 2.75) is 55.5 Å². The SMILES string of the molecule is O=C(N[C@@H]1CCCC[C@H]1N1C(=O)c2ccc(-c3nnc(C(F)F)o3)cc2S1(=O)=O)C(F)F. The van der Waals surface area contributed by atoms with Crippen LogP contribution in [0.25, 0.3) is 11.5 Å². The van der Waals surface area contributed by atoms with Gasteiger partial charge in [-0.15, -0.1) is 10.2 Å². The lowest BCUT2D eigenvalue weighted by Gasteiger charge is -2.37. The summed E-state index contributed by atoms with van der Waals surface area (Å²) in [6.07, 6.45) is -4.80. The molecule has 1 aromatic carbocycles. The first-order valence-corrected chi connectivity index (χ1v) is 11.0. The highest BCUT2D eigenvalue weighted by Gasteiger charge is 2.48. The molecule has 1 fully saturated rings. The van der Waals surface area contributed by atoms with E-state index in [1.165, 1.54) is 12.1 Å². The zero-order valence-electron chi connectivity index (χ0n) is 16.2. The molecule has 1 N–H and O–H groups in total. The lowest BCUT2D eigenvalue weighted by atomic mass is 9.90. The maximum absolute atomic E-state index is 13.2. The van der Waals surface area contributed by atoms with E-state index in [4.69, 9.17) is 4.42 Å². The number of alkyl halides is 4. The number of amides is 2. The fourth-order valence-corrected chi connectivity index (χ4v) is 5.80. The molecule has 1 aromatic heterocycles. The Kier molecular flexibility index (Phi) is 5.65. The van der Waals surface area contributed by atoms with Gasteiger partial charge in [0.25, 0.3) is 27.7 Å². The zero-order valence-corrected chi connectivity index (χ0v) is 17.0. The number of aromatic nitrogens is 2. The third-order valence-corrected chi connectivity index (χ3v) is 7.23. The molecule has 2 heterocycles. The molecule has 4 rings (SSSR count). The molecule has 0 radical (unpaired) electrons. The van der Waals surface area contributed by atoms with Gasteiger partial charge in [0.2, 0.25) is 5.89 Å². The Morgan fingerprint density at radius 1 is 1.16 bits per heavy atom. The van der Waals surface area contributed by atoms with E-state index in [0.29, 0.717) is 17.1 Å². The number of nitrogens with zero attached hydrogens (tertiary/aromatic N) is 3. The molecule has 32 heavy (non-hydrogen) atoms. The van der Waals surface area contributed by atoms with Crippen LogP contribution in [0.5, 0.6) is 0 Å². The molecule has 2 atom stereocenters. The third-order valence-electron chi connectivity index (χ3n) is 5.38. The minimum Gasteiger partial charge on any atom is -0.415 e. The van der Waals surface area contributed by atoms with Gasteiger partial charge >= 0.3 is 12.9 Å². The van der Waals surface area contributed by atoms with Crippen molar-refractivity contribution in [3.05, 3.63) is 29.7 Å². The van der Waals surface area contributed by atoms with Crippen molar-refractivity contribution in [1.29, 1.82) is 0 Å². The van der Waals surface area contributed by atoms with Gasteiger partial charge in [-0.25, -0.2) is 12.7 Å². The number of hydrogen-bond acceptors (Lipinski definition) is 7. The van der Waals surface area contributed by atoms with E-state index >= 15 is 0 Å². The van der Waals surface area contributed by atoms with Crippen LogP contribution in [0.2, 0.25) is 0 Å². The summed E-state index contributed by atoms with van der Waals surface area (Å²) in [5.41, 5.74) is -0.167. The highest BCUT2D eigenvalue weighted by Crippen LogP contribution is 2.38. The number of carbonyl (C=O) groups is 2. The van der Waals surface area contributed by atoms with Gasteiger partial charge in [-0.2, -0.15) is 17.6 Å². The van der Waals surface area contributed by atoms with E-state index < -0.39 is 57.6 Å². The second-order valence-electron chi connectivity index (χ2n) is 7.33. The monoisotopic (exact) mass is 476 g/mol. The van der Waals surface area contributed by atoms with Crippen LogP contribution in [0.3, 0.4) is 0 Å². The third kappa shape index (κ3) is 3.72. The van der Waals surface area contributed by atoms with E-state index in [1.807, 2.05) is 0 Å². The first-order chi connectivity index (χ1) is 15.1. The number of rotatable bonds is 5. The van der Waals surface area contributed by atoms with Gasteiger partial charge in [0.15, 0.2) is 0 Å². The second kappa shape index (κ2) is 8.15. The number of hydrogen-bond donors (Lipinski definition) is 1. The summed E-state index contributed by atoms with van der Waals surface area (Å²) in [6.45, 7) is 0. The van der Waals surface area contributed by atoms with Crippen LogP contribution < -0.4 is 5.32 Å². The molecule has 0 saturated heterocycles. The van der Waals surface area contributed by atoms with E-state index in [1.54, 1.807) is 0 Å². The average Bonchev–Trinajstić information content (AvgIpc) is 3.31. The Bertz CT molecular complexity index is 1170. The minimum atomic E-state index is -4.42. The first-order valence-electron chi connectivity index (χ1n) is 9.54. The minimum absolute atomic E-state index is 0.00701. The number of halogens is 4. The highest BCUT2D eigenvalue weighted by molar-refractivity contribution is 7.90. The van der Waals surface area contributed by atoms with E-state index in [0.717, 1.165) is 6.07 Å². The summed E-state index contributed by atoms with van der Waals surface area (Å²) >= 11 is 0. The van der Waals surface area contributed by atoms with Gasteiger partial charge in [-0.1, -0.05) is 12.8 Å². The van der Waals surface area contributed by atoms with E-state index in [2.05, 4.69) is 15.5 Å². The lowest BCUT2D eigenvalue weighted by molar-refractivity contribution is -0.133. The van der Waals surface area contributed by atoms with Gasteiger partial charge < -0.3 is 9.73 Å². The summed E-state index contributed by atoms with van der Waals surface area (Å²) < 4.78 is 82.7. The molecule has 2 amide bonds. The highest BCUT2D eigenvalue weighted by atomic mass is 32.2. The van der Waals surface area contributed by atoms with Gasteiger partial charge in [0, 0.05) is 5.56 Å². The van der Waals surface area contributed by atoms with Crippen molar-refractivity contribution in [2.24, 2.45) is 0 Å². The first kappa shape index (κ1) is 22.2. The molecule has 1 aliphatic heterocycles. The van der Waals surface area contributed by atoms with Gasteiger partial charge in [0.1, 0.15) is 4.90 Å². The van der Waals surface area contributed by atoms with Crippen LogP contribution in [0.4, 0.5) is 17.6 Å². The molecule has 1 aliphatic carbocycles. The fourth-order valence-electron chi connectivity index (χ4n) is 3.95. The molecule has 9 nitrogen and oxygen atoms in total. The van der Waals surface area contributed by atoms with Crippen molar-refractivity contribution in [2.75, 3.05) is 0 Å². The predicted molar refractivity (Wildman–Crippen MR) is 98.2 cm³/mol. The van der Waals surface area contributed by atoms with Crippen molar-refractivity contribution < 1.29 is 40.0 Å². The van der Waals surface area contributed by atoms with Gasteiger partial charge in [-0.05, 0) is 31.0 Å². The lowest BCUT2D eigenvalue weighted by Crippen LogP contribution is -2.55. The van der Waals surface area contributed by atoms with Crippen molar-refractivity contribution in [3.63, 3.8) is 0 Å². The van der Waals surface area contributed by atoms with Crippen LogP contribution in [-0.4, -0.2) is 53.2 Å². The maximum Gasteiger partial charge on any atom is 0.315 e. The smallest absolute Gasteiger partial charge is 0.315 e. The molecule has 14 heteroatoms. The zero-order chi connectivity index (χ0) is 23.2. The average molecular weight is 476 g/mol. The maximum atomic E-state index is 13.2. The number of sulfonamides is 1. The molecule has 0 unspecified atom stereocenters. The number of benzene rings is 1. The summed E-state index contributed by atoms with van der Waals surface area (Å²) in [6, 6.07) is 1.50. The number of carbonyl (C=O) groups excluding carboxylic acids is 2. The quantitative estimate of drug-likeness (QED) is 0.658. The summed E-state index contributed by atoms with van der Waals surface area (Å²) in [7, 11) is -4.42. The van der Waals surface area contributed by atoms with Crippen LogP contribution >= 0.6 is 0 Å². The Morgan fingerprint density at radius 3 is 2.53 bits per heavy atom. The standard InChI is InChI=1S/C18H16F4N4O5S/c19-13(20)15(27)23-10-3-1-2-4-11(10)26-18(28)9-6-5-8(7-12(9)32(26,29)30)16-24-25-17(31-16)14(21)22/h5-7,10-11,13-14H,1-4H2,(H,23,27)/t10-,11-/m1/s1. The molecule has 0 bridgehead atoms. The van der Waals surface area contributed by atoms with Gasteiger partial charge in [0.05, 0.1) is 17.6 Å². The topological polar surface area (TPSA) is 122 Å². The Morgan fingerprint density at radius 2 is 1.88 bits per heavy atom. The predicted octanol–water partition coefficient (Wildman–Crippen LogP) is 2.51. The molecule has 0 spiro atoms. The van der Waals surface area contributed by atoms with Crippen LogP contribution in [-0.2, 0) is 14.8 Å². The van der Waals surface area contributed by atoms with Crippen molar-refractivity contribution in [3.8, 4) is 11.5 Å². The molecular formula is C18H16F4N4O5S. The van der Waals surface area contributed by atoms with Crippen molar-refractivity contribution >= 4 is 21.8 Å². The molecule has 2 aromatic rings. The Labute approximate surface area is 178 Å². The Balaban J connectivity index is 1.69. The number of fused-ring (bicyclic) bond motifs is 1. The molecule has 1 saturated carbocycles. The fraction of sp³-hybridized carbons (Fsp3) is 0.444. The largest absolute Gasteiger partial charge is 0.415 e. The summed E-state index contributed by atoms with van der Waals surface area (Å²) in [5.74, 6) is -3.71. The molecule has 172 valence electrons. The van der Waals surface area contributed by atoms with Gasteiger partial charge in [-0.3, -0.25) is 9.59 Å². The normalized spacial score (nSPS) is 22.4. The molecular weight excluding hydrogens is 460 g/mol. The van der Waals surface area contributed by atoms with Crippen LogP contribution in [0.15, 0.2) is 27.5 Å².